The van der Waals surface area contributed by atoms with E-state index >= 15 is 0 Å². The number of carbonyl (C=O) groups is 3. The van der Waals surface area contributed by atoms with Gasteiger partial charge in [0.05, 0.1) is 17.1 Å². The Labute approximate surface area is 238 Å². The minimum absolute atomic E-state index is 0.00110. The maximum atomic E-state index is 13.2. The van der Waals surface area contributed by atoms with Gasteiger partial charge in [0.25, 0.3) is 5.91 Å². The van der Waals surface area contributed by atoms with Crippen molar-refractivity contribution in [1.29, 1.82) is 0 Å². The molecule has 11 heteroatoms. The van der Waals surface area contributed by atoms with Gasteiger partial charge < -0.3 is 14.8 Å². The molecule has 1 saturated heterocycles. The molecule has 4 rings (SSSR count). The summed E-state index contributed by atoms with van der Waals surface area (Å²) in [5.41, 5.74) is 1.64. The molecule has 2 heterocycles. The van der Waals surface area contributed by atoms with Gasteiger partial charge in [0.1, 0.15) is 10.6 Å². The van der Waals surface area contributed by atoms with Crippen LogP contribution in [0, 0.1) is 11.8 Å². The van der Waals surface area contributed by atoms with E-state index < -0.39 is 34.5 Å². The second-order valence-electron chi connectivity index (χ2n) is 9.86. The van der Waals surface area contributed by atoms with Crippen LogP contribution in [0.25, 0.3) is 11.1 Å². The Morgan fingerprint density at radius 3 is 2.35 bits per heavy atom. The number of sulfonamides is 1. The molecule has 0 saturated carbocycles. The van der Waals surface area contributed by atoms with Gasteiger partial charge in [0, 0.05) is 24.0 Å². The van der Waals surface area contributed by atoms with Crippen molar-refractivity contribution < 1.29 is 32.3 Å². The first kappa shape index (κ1) is 29.4. The van der Waals surface area contributed by atoms with Crippen LogP contribution in [0.1, 0.15) is 47.9 Å². The number of hydrogen-bond donors (Lipinski definition) is 1. The summed E-state index contributed by atoms with van der Waals surface area (Å²) in [4.78, 5) is 38.1. The number of ether oxygens (including phenoxy) is 2. The third-order valence-corrected chi connectivity index (χ3v) is 9.21. The molecule has 1 aromatic heterocycles. The largest absolute Gasteiger partial charge is 0.462 e. The zero-order valence-electron chi connectivity index (χ0n) is 22.6. The molecule has 2 atom stereocenters. The Morgan fingerprint density at radius 1 is 0.975 bits per heavy atom. The highest BCUT2D eigenvalue weighted by Crippen LogP contribution is 2.36. The second-order valence-corrected chi connectivity index (χ2v) is 12.7. The van der Waals surface area contributed by atoms with Crippen molar-refractivity contribution in [3.05, 3.63) is 71.1 Å². The Balaban J connectivity index is 1.44. The standard InChI is InChI=1S/C29H32N2O7S2/c1-4-37-29(34)26-24(21-9-6-5-7-10-21)18-39-27(26)30-25(32)17-38-28(33)22-11-8-12-23(14-22)40(35,36)31-15-19(2)13-20(3)16-31/h5-12,14,18-20H,4,13,15-17H2,1-3H3,(H,30,32). The molecule has 0 aliphatic carbocycles. The number of rotatable bonds is 9. The van der Waals surface area contributed by atoms with Gasteiger partial charge in [-0.2, -0.15) is 4.31 Å². The van der Waals surface area contributed by atoms with E-state index in [0.29, 0.717) is 18.7 Å². The fourth-order valence-electron chi connectivity index (χ4n) is 4.80. The lowest BCUT2D eigenvalue weighted by Crippen LogP contribution is -2.42. The van der Waals surface area contributed by atoms with Crippen LogP contribution in [-0.4, -0.2) is 56.9 Å². The highest BCUT2D eigenvalue weighted by Gasteiger charge is 2.32. The molecular formula is C29H32N2O7S2. The van der Waals surface area contributed by atoms with Gasteiger partial charge in [-0.3, -0.25) is 4.79 Å². The van der Waals surface area contributed by atoms with Crippen LogP contribution in [0.4, 0.5) is 5.00 Å². The summed E-state index contributed by atoms with van der Waals surface area (Å²) in [5.74, 6) is -1.59. The number of benzene rings is 2. The summed E-state index contributed by atoms with van der Waals surface area (Å²) >= 11 is 1.16. The molecule has 3 aromatic rings. The molecule has 0 spiro atoms. The molecule has 0 bridgehead atoms. The lowest BCUT2D eigenvalue weighted by molar-refractivity contribution is -0.119. The Bertz CT molecular complexity index is 1480. The zero-order chi connectivity index (χ0) is 28.9. The fraction of sp³-hybridized carbons (Fsp3) is 0.345. The molecule has 1 fully saturated rings. The summed E-state index contributed by atoms with van der Waals surface area (Å²) in [6.07, 6.45) is 0.959. The highest BCUT2D eigenvalue weighted by molar-refractivity contribution is 7.89. The van der Waals surface area contributed by atoms with Crippen molar-refractivity contribution in [2.24, 2.45) is 11.8 Å². The van der Waals surface area contributed by atoms with Crippen LogP contribution in [0.3, 0.4) is 0 Å². The minimum Gasteiger partial charge on any atom is -0.462 e. The highest BCUT2D eigenvalue weighted by atomic mass is 32.2. The van der Waals surface area contributed by atoms with E-state index in [9.17, 15) is 22.8 Å². The molecule has 2 aromatic carbocycles. The van der Waals surface area contributed by atoms with Crippen LogP contribution in [0.5, 0.6) is 0 Å². The zero-order valence-corrected chi connectivity index (χ0v) is 24.2. The van der Waals surface area contributed by atoms with Crippen LogP contribution >= 0.6 is 11.3 Å². The first-order valence-corrected chi connectivity index (χ1v) is 15.3. The average molecular weight is 585 g/mol. The first-order chi connectivity index (χ1) is 19.1. The summed E-state index contributed by atoms with van der Waals surface area (Å²) < 4.78 is 38.3. The average Bonchev–Trinajstić information content (AvgIpc) is 3.35. The fourth-order valence-corrected chi connectivity index (χ4v) is 7.50. The molecule has 1 aliphatic rings. The van der Waals surface area contributed by atoms with Crippen LogP contribution in [0.2, 0.25) is 0 Å². The van der Waals surface area contributed by atoms with Crippen molar-refractivity contribution >= 4 is 44.2 Å². The van der Waals surface area contributed by atoms with E-state index in [1.807, 2.05) is 44.2 Å². The van der Waals surface area contributed by atoms with E-state index in [4.69, 9.17) is 9.47 Å². The van der Waals surface area contributed by atoms with E-state index in [1.54, 1.807) is 12.3 Å². The van der Waals surface area contributed by atoms with E-state index in [1.165, 1.54) is 28.6 Å². The van der Waals surface area contributed by atoms with Gasteiger partial charge in [-0.1, -0.05) is 50.2 Å². The van der Waals surface area contributed by atoms with Crippen molar-refractivity contribution in [1.82, 2.24) is 4.31 Å². The molecule has 40 heavy (non-hydrogen) atoms. The van der Waals surface area contributed by atoms with Crippen molar-refractivity contribution in [3.63, 3.8) is 0 Å². The van der Waals surface area contributed by atoms with E-state index in [2.05, 4.69) is 5.32 Å². The van der Waals surface area contributed by atoms with E-state index in [0.717, 1.165) is 23.3 Å². The second kappa shape index (κ2) is 12.8. The molecule has 1 amide bonds. The van der Waals surface area contributed by atoms with Gasteiger partial charge in [-0.05, 0) is 48.9 Å². The number of nitrogens with one attached hydrogen (secondary N) is 1. The maximum Gasteiger partial charge on any atom is 0.341 e. The molecule has 212 valence electrons. The first-order valence-electron chi connectivity index (χ1n) is 13.0. The Morgan fingerprint density at radius 2 is 1.68 bits per heavy atom. The van der Waals surface area contributed by atoms with Crippen LogP contribution in [0.15, 0.2) is 64.9 Å². The van der Waals surface area contributed by atoms with Crippen molar-refractivity contribution in [2.75, 3.05) is 31.6 Å². The molecular weight excluding hydrogens is 552 g/mol. The number of nitrogens with zero attached hydrogens (tertiary/aromatic N) is 1. The topological polar surface area (TPSA) is 119 Å². The number of thiophene rings is 1. The summed E-state index contributed by atoms with van der Waals surface area (Å²) in [7, 11) is -3.79. The Hall–Kier alpha value is -3.54. The third kappa shape index (κ3) is 6.78. The Kier molecular flexibility index (Phi) is 9.39. The molecule has 9 nitrogen and oxygen atoms in total. The van der Waals surface area contributed by atoms with Crippen molar-refractivity contribution in [2.45, 2.75) is 32.1 Å². The molecule has 0 radical (unpaired) electrons. The van der Waals surface area contributed by atoms with Crippen molar-refractivity contribution in [3.8, 4) is 11.1 Å². The monoisotopic (exact) mass is 584 g/mol. The quantitative estimate of drug-likeness (QED) is 0.350. The van der Waals surface area contributed by atoms with Gasteiger partial charge in [-0.15, -0.1) is 11.3 Å². The number of amides is 1. The van der Waals surface area contributed by atoms with Gasteiger partial charge in [0.15, 0.2) is 6.61 Å². The third-order valence-electron chi connectivity index (χ3n) is 6.49. The van der Waals surface area contributed by atoms with Crippen LogP contribution < -0.4 is 5.32 Å². The van der Waals surface area contributed by atoms with Crippen LogP contribution in [-0.2, 0) is 24.3 Å². The molecule has 2 unspecified atom stereocenters. The number of hydrogen-bond acceptors (Lipinski definition) is 8. The summed E-state index contributed by atoms with van der Waals surface area (Å²) in [5, 5.41) is 4.66. The maximum absolute atomic E-state index is 13.2. The van der Waals surface area contributed by atoms with Gasteiger partial charge in [-0.25, -0.2) is 18.0 Å². The lowest BCUT2D eigenvalue weighted by atomic mass is 9.94. The summed E-state index contributed by atoms with van der Waals surface area (Å²) in [6, 6.07) is 14.9. The molecule has 1 N–H and O–H groups in total. The number of esters is 2. The normalized spacial score (nSPS) is 17.7. The van der Waals surface area contributed by atoms with Gasteiger partial charge >= 0.3 is 11.9 Å². The smallest absolute Gasteiger partial charge is 0.341 e. The van der Waals surface area contributed by atoms with Gasteiger partial charge in [0.2, 0.25) is 10.0 Å². The SMILES string of the molecule is CCOC(=O)c1c(-c2ccccc2)csc1NC(=O)COC(=O)c1cccc(S(=O)(=O)N2CC(C)CC(C)C2)c1. The number of carbonyl (C=O) groups excluding carboxylic acids is 3. The predicted molar refractivity (Wildman–Crippen MR) is 153 cm³/mol. The lowest BCUT2D eigenvalue weighted by Gasteiger charge is -2.34. The van der Waals surface area contributed by atoms with E-state index in [-0.39, 0.29) is 39.5 Å². The number of anilines is 1. The minimum atomic E-state index is -3.79. The summed E-state index contributed by atoms with van der Waals surface area (Å²) in [6.45, 7) is 6.11. The molecule has 1 aliphatic heterocycles. The predicted octanol–water partition coefficient (Wildman–Crippen LogP) is 5.05. The number of piperidine rings is 1.